The molecule has 3 nitrogen and oxygen atoms in total. The molecule has 0 N–H and O–H groups in total. The summed E-state index contributed by atoms with van der Waals surface area (Å²) < 4.78 is 5.42. The van der Waals surface area contributed by atoms with Crippen LogP contribution in [0.4, 0.5) is 0 Å². The molecule has 96 valence electrons. The third-order valence-corrected chi connectivity index (χ3v) is 4.21. The molecule has 0 aromatic heterocycles. The first-order valence-electron chi connectivity index (χ1n) is 6.76. The Balaban J connectivity index is 2.01. The molecule has 1 aromatic rings. The van der Waals surface area contributed by atoms with Gasteiger partial charge in [0, 0.05) is 19.5 Å². The van der Waals surface area contributed by atoms with Crippen LogP contribution < -0.4 is 0 Å². The monoisotopic (exact) mass is 245 g/mol. The van der Waals surface area contributed by atoms with E-state index in [2.05, 4.69) is 17.0 Å². The van der Waals surface area contributed by atoms with Gasteiger partial charge in [0.15, 0.2) is 5.78 Å². The summed E-state index contributed by atoms with van der Waals surface area (Å²) in [6.07, 6.45) is 2.67. The van der Waals surface area contributed by atoms with Crippen LogP contribution in [0.15, 0.2) is 30.3 Å². The summed E-state index contributed by atoms with van der Waals surface area (Å²) in [5.41, 5.74) is 0.791. The van der Waals surface area contributed by atoms with Gasteiger partial charge in [0.2, 0.25) is 0 Å². The molecule has 2 aliphatic rings. The van der Waals surface area contributed by atoms with E-state index in [1.807, 2.05) is 18.2 Å². The van der Waals surface area contributed by atoms with Crippen molar-refractivity contribution in [2.24, 2.45) is 0 Å². The molecule has 18 heavy (non-hydrogen) atoms. The van der Waals surface area contributed by atoms with E-state index in [0.29, 0.717) is 12.2 Å². The van der Waals surface area contributed by atoms with Crippen LogP contribution in [0.1, 0.15) is 24.8 Å². The van der Waals surface area contributed by atoms with Crippen LogP contribution in [0, 0.1) is 0 Å². The number of carbonyl (C=O) groups excluding carboxylic acids is 1. The van der Waals surface area contributed by atoms with Gasteiger partial charge in [-0.05, 0) is 18.4 Å². The van der Waals surface area contributed by atoms with Gasteiger partial charge in [0.05, 0.1) is 13.2 Å². The smallest absolute Gasteiger partial charge is 0.157 e. The first kappa shape index (κ1) is 11.9. The molecule has 1 aromatic carbocycles. The highest BCUT2D eigenvalue weighted by molar-refractivity contribution is 5.91. The fourth-order valence-corrected chi connectivity index (χ4v) is 3.33. The zero-order valence-electron chi connectivity index (χ0n) is 10.6. The molecule has 1 aliphatic carbocycles. The molecular formula is C15H19NO2. The normalized spacial score (nSPS) is 29.7. The standard InChI is InChI=1S/C15H19NO2/c17-14-7-4-8-15(14,13-5-2-1-3-6-13)16-9-11-18-12-10-16/h1-3,5-6H,4,7-12H2. The van der Waals surface area contributed by atoms with E-state index in [0.717, 1.165) is 44.7 Å². The fraction of sp³-hybridized carbons (Fsp3) is 0.533. The van der Waals surface area contributed by atoms with Crippen molar-refractivity contribution in [2.75, 3.05) is 26.3 Å². The lowest BCUT2D eigenvalue weighted by molar-refractivity contribution is -0.132. The van der Waals surface area contributed by atoms with Gasteiger partial charge < -0.3 is 4.74 Å². The molecule has 1 saturated heterocycles. The summed E-state index contributed by atoms with van der Waals surface area (Å²) in [5.74, 6) is 0.385. The summed E-state index contributed by atoms with van der Waals surface area (Å²) in [6.45, 7) is 3.20. The lowest BCUT2D eigenvalue weighted by atomic mass is 9.85. The van der Waals surface area contributed by atoms with Crippen LogP contribution in [0.25, 0.3) is 0 Å². The Hall–Kier alpha value is -1.19. The van der Waals surface area contributed by atoms with E-state index in [9.17, 15) is 4.79 Å². The summed E-state index contributed by atoms with van der Waals surface area (Å²) in [7, 11) is 0. The largest absolute Gasteiger partial charge is 0.379 e. The predicted molar refractivity (Wildman–Crippen MR) is 69.4 cm³/mol. The average Bonchev–Trinajstić information content (AvgIpc) is 2.84. The van der Waals surface area contributed by atoms with E-state index in [4.69, 9.17) is 4.74 Å². The van der Waals surface area contributed by atoms with Crippen LogP contribution in [-0.4, -0.2) is 37.0 Å². The molecule has 0 amide bonds. The molecule has 1 aliphatic heterocycles. The molecule has 0 radical (unpaired) electrons. The lowest BCUT2D eigenvalue weighted by Gasteiger charge is -2.42. The summed E-state index contributed by atoms with van der Waals surface area (Å²) in [6, 6.07) is 10.3. The molecule has 0 bridgehead atoms. The third-order valence-electron chi connectivity index (χ3n) is 4.21. The van der Waals surface area contributed by atoms with E-state index in [1.165, 1.54) is 0 Å². The summed E-state index contributed by atoms with van der Waals surface area (Å²) in [4.78, 5) is 14.8. The van der Waals surface area contributed by atoms with Gasteiger partial charge in [-0.2, -0.15) is 0 Å². The van der Waals surface area contributed by atoms with Crippen molar-refractivity contribution in [2.45, 2.75) is 24.8 Å². The first-order valence-corrected chi connectivity index (χ1v) is 6.76. The second kappa shape index (κ2) is 4.82. The summed E-state index contributed by atoms with van der Waals surface area (Å²) in [5, 5.41) is 0. The molecule has 1 unspecified atom stereocenters. The minimum absolute atomic E-state index is 0.370. The van der Waals surface area contributed by atoms with E-state index < -0.39 is 0 Å². The lowest BCUT2D eigenvalue weighted by Crippen LogP contribution is -2.53. The average molecular weight is 245 g/mol. The first-order chi connectivity index (χ1) is 8.84. The van der Waals surface area contributed by atoms with Gasteiger partial charge in [-0.3, -0.25) is 9.69 Å². The van der Waals surface area contributed by atoms with Crippen LogP contribution >= 0.6 is 0 Å². The Morgan fingerprint density at radius 1 is 1.11 bits per heavy atom. The highest BCUT2D eigenvalue weighted by Gasteiger charge is 2.48. The number of ether oxygens (including phenoxy) is 1. The van der Waals surface area contributed by atoms with E-state index in [-0.39, 0.29) is 5.54 Å². The van der Waals surface area contributed by atoms with E-state index in [1.54, 1.807) is 0 Å². The number of benzene rings is 1. The Kier molecular flexibility index (Phi) is 3.18. The van der Waals surface area contributed by atoms with Gasteiger partial charge in [0.25, 0.3) is 0 Å². The van der Waals surface area contributed by atoms with Gasteiger partial charge >= 0.3 is 0 Å². The Bertz CT molecular complexity index is 425. The van der Waals surface area contributed by atoms with Crippen molar-refractivity contribution in [1.82, 2.24) is 4.90 Å². The van der Waals surface area contributed by atoms with Gasteiger partial charge in [0.1, 0.15) is 5.54 Å². The van der Waals surface area contributed by atoms with Gasteiger partial charge in [-0.1, -0.05) is 30.3 Å². The van der Waals surface area contributed by atoms with Crippen molar-refractivity contribution >= 4 is 5.78 Å². The number of nitrogens with zero attached hydrogens (tertiary/aromatic N) is 1. The zero-order valence-corrected chi connectivity index (χ0v) is 10.6. The Morgan fingerprint density at radius 2 is 1.83 bits per heavy atom. The highest BCUT2D eigenvalue weighted by atomic mass is 16.5. The zero-order chi connectivity index (χ0) is 12.4. The minimum Gasteiger partial charge on any atom is -0.379 e. The van der Waals surface area contributed by atoms with E-state index >= 15 is 0 Å². The molecule has 2 fully saturated rings. The highest BCUT2D eigenvalue weighted by Crippen LogP contribution is 2.41. The molecule has 3 rings (SSSR count). The molecule has 1 saturated carbocycles. The number of rotatable bonds is 2. The Morgan fingerprint density at radius 3 is 2.44 bits per heavy atom. The molecule has 1 atom stereocenters. The summed E-state index contributed by atoms with van der Waals surface area (Å²) >= 11 is 0. The Labute approximate surface area is 108 Å². The molecule has 3 heteroatoms. The number of ketones is 1. The topological polar surface area (TPSA) is 29.5 Å². The van der Waals surface area contributed by atoms with Crippen molar-refractivity contribution in [3.63, 3.8) is 0 Å². The molecule has 1 heterocycles. The van der Waals surface area contributed by atoms with Crippen LogP contribution in [0.5, 0.6) is 0 Å². The third kappa shape index (κ3) is 1.78. The number of Topliss-reactive ketones (excluding diaryl/α,β-unsaturated/α-hetero) is 1. The van der Waals surface area contributed by atoms with Gasteiger partial charge in [-0.25, -0.2) is 0 Å². The number of hydrogen-bond acceptors (Lipinski definition) is 3. The van der Waals surface area contributed by atoms with Crippen LogP contribution in [0.3, 0.4) is 0 Å². The SMILES string of the molecule is O=C1CCCC1(c1ccccc1)N1CCOCC1. The predicted octanol–water partition coefficient (Wildman–Crippen LogP) is 1.97. The van der Waals surface area contributed by atoms with Crippen molar-refractivity contribution in [3.8, 4) is 0 Å². The van der Waals surface area contributed by atoms with Gasteiger partial charge in [-0.15, -0.1) is 0 Å². The minimum atomic E-state index is -0.370. The number of morpholine rings is 1. The van der Waals surface area contributed by atoms with Crippen molar-refractivity contribution < 1.29 is 9.53 Å². The van der Waals surface area contributed by atoms with Crippen molar-refractivity contribution in [3.05, 3.63) is 35.9 Å². The quantitative estimate of drug-likeness (QED) is 0.798. The number of hydrogen-bond donors (Lipinski definition) is 0. The maximum atomic E-state index is 12.5. The second-order valence-electron chi connectivity index (χ2n) is 5.10. The van der Waals surface area contributed by atoms with Crippen LogP contribution in [0.2, 0.25) is 0 Å². The maximum Gasteiger partial charge on any atom is 0.157 e. The van der Waals surface area contributed by atoms with Crippen LogP contribution in [-0.2, 0) is 15.1 Å². The number of carbonyl (C=O) groups is 1. The van der Waals surface area contributed by atoms with Crippen molar-refractivity contribution in [1.29, 1.82) is 0 Å². The maximum absolute atomic E-state index is 12.5. The fourth-order valence-electron chi connectivity index (χ4n) is 3.33. The molecule has 0 spiro atoms. The second-order valence-corrected chi connectivity index (χ2v) is 5.10. The molecular weight excluding hydrogens is 226 g/mol.